The van der Waals surface area contributed by atoms with Gasteiger partial charge in [-0.05, 0) is 29.2 Å². The van der Waals surface area contributed by atoms with Crippen molar-refractivity contribution in [2.75, 3.05) is 4.90 Å². The van der Waals surface area contributed by atoms with Crippen molar-refractivity contribution in [3.63, 3.8) is 0 Å². The Hall–Kier alpha value is -2.62. The van der Waals surface area contributed by atoms with Crippen LogP contribution < -0.4 is 10.2 Å². The summed E-state index contributed by atoms with van der Waals surface area (Å²) >= 11 is 0. The molecule has 0 unspecified atom stereocenters. The summed E-state index contributed by atoms with van der Waals surface area (Å²) in [5.74, 6) is -0.116. The summed E-state index contributed by atoms with van der Waals surface area (Å²) in [6, 6.07) is 15.5. The number of benzene rings is 2. The van der Waals surface area contributed by atoms with E-state index >= 15 is 0 Å². The number of aryl methyl sites for hydroxylation is 1. The van der Waals surface area contributed by atoms with Gasteiger partial charge in [0.1, 0.15) is 6.04 Å². The molecule has 0 aliphatic carbocycles. The lowest BCUT2D eigenvalue weighted by Crippen LogP contribution is -2.47. The molecule has 4 nitrogen and oxygen atoms in total. The van der Waals surface area contributed by atoms with Crippen LogP contribution in [0, 0.1) is 0 Å². The lowest BCUT2D eigenvalue weighted by molar-refractivity contribution is -0.126. The molecule has 0 bridgehead atoms. The smallest absolute Gasteiger partial charge is 0.243 e. The van der Waals surface area contributed by atoms with E-state index < -0.39 is 6.04 Å². The van der Waals surface area contributed by atoms with Crippen molar-refractivity contribution >= 4 is 17.5 Å². The van der Waals surface area contributed by atoms with Crippen LogP contribution in [0.1, 0.15) is 37.0 Å². The maximum absolute atomic E-state index is 12.7. The van der Waals surface area contributed by atoms with Crippen LogP contribution in [-0.4, -0.2) is 17.9 Å². The molecule has 0 saturated carbocycles. The minimum absolute atomic E-state index is 0.0163. The van der Waals surface area contributed by atoms with Gasteiger partial charge in [0.05, 0.1) is 0 Å². The van der Waals surface area contributed by atoms with Gasteiger partial charge in [0, 0.05) is 25.1 Å². The van der Waals surface area contributed by atoms with Crippen molar-refractivity contribution in [3.8, 4) is 0 Å². The van der Waals surface area contributed by atoms with Gasteiger partial charge >= 0.3 is 0 Å². The quantitative estimate of drug-likeness (QED) is 0.911. The molecule has 2 amide bonds. The van der Waals surface area contributed by atoms with Crippen LogP contribution in [0.2, 0.25) is 0 Å². The highest BCUT2D eigenvalue weighted by Crippen LogP contribution is 2.32. The van der Waals surface area contributed by atoms with E-state index in [1.54, 1.807) is 4.90 Å². The predicted molar refractivity (Wildman–Crippen MR) is 99.4 cm³/mol. The van der Waals surface area contributed by atoms with Crippen molar-refractivity contribution < 1.29 is 9.59 Å². The minimum atomic E-state index is -0.459. The molecular weight excluding hydrogens is 312 g/mol. The molecule has 0 fully saturated rings. The summed E-state index contributed by atoms with van der Waals surface area (Å²) in [6.45, 7) is 4.42. The first kappa shape index (κ1) is 17.2. The van der Waals surface area contributed by atoms with Crippen LogP contribution in [0.5, 0.6) is 0 Å². The van der Waals surface area contributed by atoms with Gasteiger partial charge < -0.3 is 5.32 Å². The van der Waals surface area contributed by atoms with Gasteiger partial charge in [0.25, 0.3) is 0 Å². The van der Waals surface area contributed by atoms with Crippen molar-refractivity contribution in [1.82, 2.24) is 5.32 Å². The van der Waals surface area contributed by atoms with Gasteiger partial charge in [-0.25, -0.2) is 0 Å². The third-order valence-corrected chi connectivity index (χ3v) is 4.75. The molecule has 1 aliphatic heterocycles. The molecule has 130 valence electrons. The van der Waals surface area contributed by atoms with Crippen LogP contribution in [0.25, 0.3) is 0 Å². The molecule has 4 heteroatoms. The SMILES string of the molecule is CCC(=O)N1c2ccccc2C[C@H]1C(=O)NCc1ccc(CC)cc1. The number of para-hydroxylation sites is 1. The molecule has 0 spiro atoms. The summed E-state index contributed by atoms with van der Waals surface area (Å²) in [7, 11) is 0. The van der Waals surface area contributed by atoms with Crippen molar-refractivity contribution in [2.45, 2.75) is 45.7 Å². The molecule has 1 heterocycles. The monoisotopic (exact) mass is 336 g/mol. The second-order valence-corrected chi connectivity index (χ2v) is 6.35. The van der Waals surface area contributed by atoms with E-state index in [1.165, 1.54) is 5.56 Å². The van der Waals surface area contributed by atoms with E-state index in [2.05, 4.69) is 24.4 Å². The fourth-order valence-electron chi connectivity index (χ4n) is 3.27. The summed E-state index contributed by atoms with van der Waals surface area (Å²) in [6.07, 6.45) is 1.96. The van der Waals surface area contributed by atoms with Gasteiger partial charge in [-0.2, -0.15) is 0 Å². The molecule has 2 aromatic carbocycles. The number of anilines is 1. The minimum Gasteiger partial charge on any atom is -0.350 e. The number of carbonyl (C=O) groups is 2. The Morgan fingerprint density at radius 1 is 1.04 bits per heavy atom. The number of amides is 2. The Morgan fingerprint density at radius 3 is 2.40 bits per heavy atom. The van der Waals surface area contributed by atoms with E-state index in [0.717, 1.165) is 23.2 Å². The Morgan fingerprint density at radius 2 is 1.72 bits per heavy atom. The van der Waals surface area contributed by atoms with Crippen LogP contribution >= 0.6 is 0 Å². The van der Waals surface area contributed by atoms with Gasteiger partial charge in [-0.1, -0.05) is 56.3 Å². The maximum Gasteiger partial charge on any atom is 0.243 e. The van der Waals surface area contributed by atoms with Gasteiger partial charge in [0.2, 0.25) is 11.8 Å². The fraction of sp³-hybridized carbons (Fsp3) is 0.333. The largest absolute Gasteiger partial charge is 0.350 e. The Labute approximate surface area is 148 Å². The van der Waals surface area contributed by atoms with Crippen molar-refractivity contribution in [3.05, 3.63) is 65.2 Å². The highest BCUT2D eigenvalue weighted by Gasteiger charge is 2.37. The summed E-state index contributed by atoms with van der Waals surface area (Å²) in [4.78, 5) is 26.8. The molecule has 1 aliphatic rings. The zero-order valence-electron chi connectivity index (χ0n) is 14.8. The number of hydrogen-bond donors (Lipinski definition) is 1. The molecule has 0 aromatic heterocycles. The van der Waals surface area contributed by atoms with Crippen LogP contribution in [0.4, 0.5) is 5.69 Å². The first-order valence-corrected chi connectivity index (χ1v) is 8.89. The van der Waals surface area contributed by atoms with E-state index in [1.807, 2.05) is 43.3 Å². The fourth-order valence-corrected chi connectivity index (χ4v) is 3.27. The number of fused-ring (bicyclic) bond motifs is 1. The average molecular weight is 336 g/mol. The predicted octanol–water partition coefficient (Wildman–Crippen LogP) is 3.23. The number of hydrogen-bond acceptors (Lipinski definition) is 2. The zero-order valence-corrected chi connectivity index (χ0v) is 14.8. The molecule has 2 aromatic rings. The van der Waals surface area contributed by atoms with Crippen LogP contribution in [0.15, 0.2) is 48.5 Å². The lowest BCUT2D eigenvalue weighted by Gasteiger charge is -2.24. The van der Waals surface area contributed by atoms with Gasteiger partial charge in [0.15, 0.2) is 0 Å². The Bertz CT molecular complexity index is 768. The summed E-state index contributed by atoms with van der Waals surface area (Å²) in [5, 5.41) is 2.99. The molecule has 0 radical (unpaired) electrons. The standard InChI is InChI=1S/C21H24N2O2/c1-3-15-9-11-16(12-10-15)14-22-21(25)19-13-17-7-5-6-8-18(17)23(19)20(24)4-2/h5-12,19H,3-4,13-14H2,1-2H3,(H,22,25)/t19-/m0/s1. The molecule has 0 saturated heterocycles. The van der Waals surface area contributed by atoms with Crippen molar-refractivity contribution in [2.24, 2.45) is 0 Å². The van der Waals surface area contributed by atoms with Crippen LogP contribution in [-0.2, 0) is 29.0 Å². The van der Waals surface area contributed by atoms with E-state index in [0.29, 0.717) is 19.4 Å². The highest BCUT2D eigenvalue weighted by molar-refractivity contribution is 6.03. The molecule has 25 heavy (non-hydrogen) atoms. The number of nitrogens with zero attached hydrogens (tertiary/aromatic N) is 1. The third-order valence-electron chi connectivity index (χ3n) is 4.75. The highest BCUT2D eigenvalue weighted by atomic mass is 16.2. The number of rotatable bonds is 5. The van der Waals surface area contributed by atoms with E-state index in [-0.39, 0.29) is 11.8 Å². The summed E-state index contributed by atoms with van der Waals surface area (Å²) in [5.41, 5.74) is 4.26. The maximum atomic E-state index is 12.7. The van der Waals surface area contributed by atoms with Crippen molar-refractivity contribution in [1.29, 1.82) is 0 Å². The zero-order chi connectivity index (χ0) is 17.8. The second-order valence-electron chi connectivity index (χ2n) is 6.35. The Balaban J connectivity index is 1.71. The van der Waals surface area contributed by atoms with Gasteiger partial charge in [-0.3, -0.25) is 14.5 Å². The third kappa shape index (κ3) is 3.58. The molecular formula is C21H24N2O2. The first-order chi connectivity index (χ1) is 12.1. The van der Waals surface area contributed by atoms with E-state index in [4.69, 9.17) is 0 Å². The Kier molecular flexibility index (Phi) is 5.17. The molecule has 3 rings (SSSR count). The van der Waals surface area contributed by atoms with E-state index in [9.17, 15) is 9.59 Å². The second kappa shape index (κ2) is 7.51. The first-order valence-electron chi connectivity index (χ1n) is 8.89. The summed E-state index contributed by atoms with van der Waals surface area (Å²) < 4.78 is 0. The normalized spacial score (nSPS) is 15.8. The average Bonchev–Trinajstić information content (AvgIpc) is 3.05. The molecule has 1 N–H and O–H groups in total. The van der Waals surface area contributed by atoms with Crippen LogP contribution in [0.3, 0.4) is 0 Å². The topological polar surface area (TPSA) is 49.4 Å². The van der Waals surface area contributed by atoms with Gasteiger partial charge in [-0.15, -0.1) is 0 Å². The molecule has 1 atom stereocenters. The number of carbonyl (C=O) groups excluding carboxylic acids is 2. The number of nitrogens with one attached hydrogen (secondary N) is 1. The lowest BCUT2D eigenvalue weighted by atomic mass is 10.1.